The maximum Gasteiger partial charge on any atom is 0.375 e. The van der Waals surface area contributed by atoms with Crippen LogP contribution in [0.4, 0.5) is 0 Å². The van der Waals surface area contributed by atoms with Gasteiger partial charge in [0.15, 0.2) is 23.0 Å². The van der Waals surface area contributed by atoms with Gasteiger partial charge in [0.05, 0.1) is 36.2 Å². The summed E-state index contributed by atoms with van der Waals surface area (Å²) in [6.45, 7) is 4.63. The third kappa shape index (κ3) is 3.91. The van der Waals surface area contributed by atoms with E-state index in [0.717, 1.165) is 11.1 Å². The minimum Gasteiger partial charge on any atom is -0.504 e. The number of rotatable bonds is 2. The van der Waals surface area contributed by atoms with E-state index in [0.29, 0.717) is 45.9 Å². The first-order chi connectivity index (χ1) is 20.5. The number of thioether (sulfide) groups is 1. The fraction of sp³-hybridized carbons (Fsp3) is 0.500. The van der Waals surface area contributed by atoms with E-state index in [1.165, 1.54) is 25.8 Å². The van der Waals surface area contributed by atoms with Crippen molar-refractivity contribution in [3.8, 4) is 28.7 Å². The lowest BCUT2D eigenvalue weighted by Gasteiger charge is -2.61. The van der Waals surface area contributed by atoms with Crippen molar-refractivity contribution in [3.05, 3.63) is 39.4 Å². The topological polar surface area (TPSA) is 144 Å². The van der Waals surface area contributed by atoms with E-state index in [1.807, 2.05) is 24.9 Å². The van der Waals surface area contributed by atoms with Gasteiger partial charge in [0.1, 0.15) is 18.6 Å². The summed E-state index contributed by atoms with van der Waals surface area (Å²) in [4.78, 5) is 42.0. The Hall–Kier alpha value is -3.52. The molecule has 43 heavy (non-hydrogen) atoms. The normalized spacial score (nSPS) is 29.3. The summed E-state index contributed by atoms with van der Waals surface area (Å²) in [7, 11) is 3.42. The van der Waals surface area contributed by atoms with E-state index in [-0.39, 0.29) is 36.7 Å². The smallest absolute Gasteiger partial charge is 0.375 e. The van der Waals surface area contributed by atoms with Gasteiger partial charge in [-0.25, -0.2) is 4.79 Å². The zero-order valence-electron chi connectivity index (χ0n) is 24.3. The Bertz CT molecular complexity index is 1590. The van der Waals surface area contributed by atoms with Crippen molar-refractivity contribution in [1.29, 1.82) is 0 Å². The molecule has 0 aliphatic carbocycles. The second kappa shape index (κ2) is 10.0. The Balaban J connectivity index is 1.55. The van der Waals surface area contributed by atoms with Gasteiger partial charge >= 0.3 is 11.9 Å². The van der Waals surface area contributed by atoms with E-state index >= 15 is 0 Å². The second-order valence-electron chi connectivity index (χ2n) is 11.6. The molecular formula is C30H32N2O10S. The van der Waals surface area contributed by atoms with E-state index in [9.17, 15) is 24.6 Å². The van der Waals surface area contributed by atoms with Crippen molar-refractivity contribution in [2.75, 3.05) is 33.3 Å². The Morgan fingerprint density at radius 2 is 1.84 bits per heavy atom. The van der Waals surface area contributed by atoms with E-state index in [2.05, 4.69) is 4.90 Å². The molecule has 5 heterocycles. The number of hydrogen-bond donors (Lipinski definition) is 2. The largest absolute Gasteiger partial charge is 0.504 e. The van der Waals surface area contributed by atoms with E-state index in [1.54, 1.807) is 6.92 Å². The standard InChI is InChI=1S/C30H32N2O10S/c1-11-6-14-7-15-29(36)32-16-8-39-30(37)17(34)9-43-28(22(32)21(31(15)4)18(14)23(35)24(11)38-5)20-19(16)27-26(40-10-41-27)12(2)25(20)42-13(3)33/h6,15-16,21-22,28-29,35-36H,7-10H2,1-5H3/t15-,16-,21+,22+,28+,29-/m0/s1. The van der Waals surface area contributed by atoms with Gasteiger partial charge in [-0.3, -0.25) is 19.4 Å². The molecule has 0 unspecified atom stereocenters. The Kier molecular flexibility index (Phi) is 6.58. The molecule has 228 valence electrons. The molecule has 2 saturated heterocycles. The van der Waals surface area contributed by atoms with Gasteiger partial charge in [-0.05, 0) is 38.4 Å². The van der Waals surface area contributed by atoms with Crippen LogP contribution in [-0.2, 0) is 25.5 Å². The fourth-order valence-corrected chi connectivity index (χ4v) is 9.04. The minimum absolute atomic E-state index is 0.0203. The minimum atomic E-state index is -1.03. The van der Waals surface area contributed by atoms with Gasteiger partial charge in [-0.2, -0.15) is 0 Å². The van der Waals surface area contributed by atoms with Gasteiger partial charge < -0.3 is 33.9 Å². The number of piperazine rings is 1. The number of aliphatic hydroxyl groups is 1. The van der Waals surface area contributed by atoms with Crippen LogP contribution in [0.3, 0.4) is 0 Å². The number of benzene rings is 2. The van der Waals surface area contributed by atoms with Crippen molar-refractivity contribution in [3.63, 3.8) is 0 Å². The van der Waals surface area contributed by atoms with Crippen LogP contribution in [0.15, 0.2) is 6.07 Å². The maximum atomic E-state index is 12.9. The molecule has 0 saturated carbocycles. The monoisotopic (exact) mass is 612 g/mol. The first kappa shape index (κ1) is 28.3. The Labute approximate surface area is 251 Å². The number of aromatic hydroxyl groups is 1. The first-order valence-electron chi connectivity index (χ1n) is 14.1. The maximum absolute atomic E-state index is 12.9. The van der Waals surface area contributed by atoms with Gasteiger partial charge in [0, 0.05) is 35.2 Å². The molecule has 2 fully saturated rings. The summed E-state index contributed by atoms with van der Waals surface area (Å²) in [5, 5.41) is 23.2. The molecule has 12 nitrogen and oxygen atoms in total. The molecule has 7 rings (SSSR count). The lowest BCUT2D eigenvalue weighted by atomic mass is 9.73. The van der Waals surface area contributed by atoms with Gasteiger partial charge in [0.25, 0.3) is 0 Å². The molecular weight excluding hydrogens is 580 g/mol. The van der Waals surface area contributed by atoms with E-state index < -0.39 is 47.3 Å². The Morgan fingerprint density at radius 3 is 2.56 bits per heavy atom. The number of esters is 2. The van der Waals surface area contributed by atoms with Crippen LogP contribution in [0.5, 0.6) is 28.7 Å². The van der Waals surface area contributed by atoms with Crippen LogP contribution in [-0.4, -0.2) is 89.4 Å². The van der Waals surface area contributed by atoms with Crippen LogP contribution < -0.4 is 18.9 Å². The summed E-state index contributed by atoms with van der Waals surface area (Å²) >= 11 is 1.21. The molecule has 0 aromatic heterocycles. The van der Waals surface area contributed by atoms with Crippen molar-refractivity contribution in [1.82, 2.24) is 9.80 Å². The molecule has 5 aliphatic heterocycles. The predicted octanol–water partition coefficient (Wildman–Crippen LogP) is 2.23. The first-order valence-corrected chi connectivity index (χ1v) is 15.1. The summed E-state index contributed by atoms with van der Waals surface area (Å²) in [5.74, 6) is -0.882. The number of likely N-dealkylation sites (N-methyl/N-ethyl adjacent to an activating group) is 1. The molecule has 0 radical (unpaired) electrons. The number of Topliss-reactive ketones (excluding diaryl/α,β-unsaturated/α-hetero) is 1. The highest BCUT2D eigenvalue weighted by Gasteiger charge is 2.60. The van der Waals surface area contributed by atoms with Crippen LogP contribution in [0.1, 0.15) is 57.6 Å². The molecule has 2 aromatic rings. The quantitative estimate of drug-likeness (QED) is 0.291. The average Bonchev–Trinajstić information content (AvgIpc) is 3.45. The third-order valence-electron chi connectivity index (χ3n) is 9.37. The summed E-state index contributed by atoms with van der Waals surface area (Å²) in [5.41, 5.74) is 4.10. The van der Waals surface area contributed by atoms with Crippen LogP contribution in [0.2, 0.25) is 0 Å². The number of carbonyl (C=O) groups is 3. The Morgan fingerprint density at radius 1 is 1.09 bits per heavy atom. The summed E-state index contributed by atoms with van der Waals surface area (Å²) in [6.07, 6.45) is -0.582. The molecule has 13 heteroatoms. The number of cyclic esters (lactones) is 1. The van der Waals surface area contributed by atoms with Gasteiger partial charge in [-0.15, -0.1) is 11.8 Å². The summed E-state index contributed by atoms with van der Waals surface area (Å²) < 4.78 is 28.9. The lowest BCUT2D eigenvalue weighted by Crippen LogP contribution is -2.69. The number of ketones is 1. The predicted molar refractivity (Wildman–Crippen MR) is 152 cm³/mol. The molecule has 4 bridgehead atoms. The number of hydrogen-bond acceptors (Lipinski definition) is 13. The number of nitrogens with zero attached hydrogens (tertiary/aromatic N) is 2. The molecule has 5 aliphatic rings. The highest BCUT2D eigenvalue weighted by atomic mass is 32.2. The zero-order chi connectivity index (χ0) is 30.5. The molecule has 2 N–H and O–H groups in total. The average molecular weight is 613 g/mol. The number of phenolic OH excluding ortho intramolecular Hbond substituents is 1. The van der Waals surface area contributed by atoms with Crippen molar-refractivity contribution in [2.45, 2.75) is 62.8 Å². The number of phenols is 1. The second-order valence-corrected chi connectivity index (χ2v) is 12.7. The molecule has 6 atom stereocenters. The molecule has 0 amide bonds. The lowest BCUT2D eigenvalue weighted by molar-refractivity contribution is -0.184. The highest BCUT2D eigenvalue weighted by Crippen LogP contribution is 2.63. The van der Waals surface area contributed by atoms with Crippen molar-refractivity contribution in [2.24, 2.45) is 0 Å². The van der Waals surface area contributed by atoms with Crippen LogP contribution in [0, 0.1) is 13.8 Å². The zero-order valence-corrected chi connectivity index (χ0v) is 25.1. The summed E-state index contributed by atoms with van der Waals surface area (Å²) in [6, 6.07) is -0.238. The fourth-order valence-electron chi connectivity index (χ4n) is 7.71. The van der Waals surface area contributed by atoms with Crippen molar-refractivity contribution < 1.29 is 48.3 Å². The number of methoxy groups -OCH3 is 1. The van der Waals surface area contributed by atoms with E-state index in [4.69, 9.17) is 23.7 Å². The van der Waals surface area contributed by atoms with Crippen LogP contribution in [0.25, 0.3) is 0 Å². The molecule has 0 spiro atoms. The number of fused-ring (bicyclic) bond motifs is 9. The van der Waals surface area contributed by atoms with Crippen LogP contribution >= 0.6 is 11.8 Å². The van der Waals surface area contributed by atoms with Gasteiger partial charge in [-0.1, -0.05) is 6.07 Å². The van der Waals surface area contributed by atoms with Gasteiger partial charge in [0.2, 0.25) is 12.6 Å². The number of aliphatic hydroxyl groups excluding tert-OH is 1. The SMILES string of the molecule is COc1c(C)cc2c(c1O)[C@@H]1[C@@H]3[C@@H]4SCC(=O)C(=O)OC[C@@H](c5c6c(c(C)c(OC(C)=O)c54)OCO6)N3[C@@H](O)[C@H](C2)N1C. The van der Waals surface area contributed by atoms with Crippen molar-refractivity contribution >= 4 is 29.5 Å². The number of carbonyl (C=O) groups excluding carboxylic acids is 3. The highest BCUT2D eigenvalue weighted by molar-refractivity contribution is 8.00. The molecule has 2 aromatic carbocycles. The number of aryl methyl sites for hydroxylation is 1. The third-order valence-corrected chi connectivity index (χ3v) is 10.7. The number of ether oxygens (including phenoxy) is 5.